The van der Waals surface area contributed by atoms with Gasteiger partial charge in [0.25, 0.3) is 0 Å². The Bertz CT molecular complexity index is 641. The average molecular weight is 339 g/mol. The molecule has 1 unspecified atom stereocenters. The molecule has 0 aliphatic rings. The zero-order chi connectivity index (χ0) is 15.4. The Morgan fingerprint density at radius 1 is 1.05 bits per heavy atom. The maximum absolute atomic E-state index is 5.98. The monoisotopic (exact) mass is 338 g/mol. The minimum Gasteiger partial charge on any atom is -0.356 e. The molecule has 0 fully saturated rings. The number of rotatable bonds is 3. The smallest absolute Gasteiger partial charge is 0.171 e. The third-order valence-corrected chi connectivity index (χ3v) is 4.06. The van der Waals surface area contributed by atoms with E-state index in [0.717, 1.165) is 5.69 Å². The number of hydrogen-bond donors (Lipinski definition) is 2. The van der Waals surface area contributed by atoms with Crippen LogP contribution in [0.5, 0.6) is 0 Å². The van der Waals surface area contributed by atoms with Gasteiger partial charge in [-0.3, -0.25) is 0 Å². The van der Waals surface area contributed by atoms with Crippen LogP contribution < -0.4 is 10.6 Å². The third kappa shape index (κ3) is 4.60. The number of aryl methyl sites for hydroxylation is 1. The van der Waals surface area contributed by atoms with Crippen molar-refractivity contribution in [2.24, 2.45) is 0 Å². The SMILES string of the molecule is Cc1ccc(C(C)NC(=S)Nc2ccc(Cl)c(Cl)c2)cc1. The van der Waals surface area contributed by atoms with Crippen LogP contribution in [0.1, 0.15) is 24.1 Å². The van der Waals surface area contributed by atoms with Crippen LogP contribution in [0.4, 0.5) is 5.69 Å². The lowest BCUT2D eigenvalue weighted by atomic mass is 10.1. The molecular formula is C16H16Cl2N2S. The molecule has 0 saturated carbocycles. The fraction of sp³-hybridized carbons (Fsp3) is 0.188. The molecule has 2 aromatic carbocycles. The summed E-state index contributed by atoms with van der Waals surface area (Å²) in [6.45, 7) is 4.13. The quantitative estimate of drug-likeness (QED) is 0.737. The summed E-state index contributed by atoms with van der Waals surface area (Å²) < 4.78 is 0. The van der Waals surface area contributed by atoms with Gasteiger partial charge in [0.15, 0.2) is 5.11 Å². The molecule has 0 amide bonds. The first-order chi connectivity index (χ1) is 9.95. The number of benzene rings is 2. The summed E-state index contributed by atoms with van der Waals surface area (Å²) >= 11 is 17.2. The van der Waals surface area contributed by atoms with Gasteiger partial charge in [-0.25, -0.2) is 0 Å². The van der Waals surface area contributed by atoms with Gasteiger partial charge in [0, 0.05) is 5.69 Å². The van der Waals surface area contributed by atoms with E-state index in [1.165, 1.54) is 11.1 Å². The summed E-state index contributed by atoms with van der Waals surface area (Å²) in [6.07, 6.45) is 0. The van der Waals surface area contributed by atoms with Crippen molar-refractivity contribution in [1.82, 2.24) is 5.32 Å². The second-order valence-electron chi connectivity index (χ2n) is 4.86. The highest BCUT2D eigenvalue weighted by atomic mass is 35.5. The molecule has 2 N–H and O–H groups in total. The van der Waals surface area contributed by atoms with Crippen molar-refractivity contribution in [3.63, 3.8) is 0 Å². The zero-order valence-corrected chi connectivity index (χ0v) is 14.1. The summed E-state index contributed by atoms with van der Waals surface area (Å²) in [5.74, 6) is 0. The highest BCUT2D eigenvalue weighted by molar-refractivity contribution is 7.80. The van der Waals surface area contributed by atoms with Gasteiger partial charge in [0.05, 0.1) is 16.1 Å². The average Bonchev–Trinajstić information content (AvgIpc) is 2.43. The van der Waals surface area contributed by atoms with E-state index in [2.05, 4.69) is 48.7 Å². The van der Waals surface area contributed by atoms with Gasteiger partial charge >= 0.3 is 0 Å². The molecule has 0 aliphatic heterocycles. The fourth-order valence-electron chi connectivity index (χ4n) is 1.88. The highest BCUT2D eigenvalue weighted by Crippen LogP contribution is 2.25. The van der Waals surface area contributed by atoms with Gasteiger partial charge in [-0.1, -0.05) is 53.0 Å². The summed E-state index contributed by atoms with van der Waals surface area (Å²) in [5.41, 5.74) is 3.22. The predicted octanol–water partition coefficient (Wildman–Crippen LogP) is 5.35. The van der Waals surface area contributed by atoms with Gasteiger partial charge in [-0.05, 0) is 49.8 Å². The van der Waals surface area contributed by atoms with Crippen molar-refractivity contribution in [3.05, 3.63) is 63.6 Å². The summed E-state index contributed by atoms with van der Waals surface area (Å²) in [5, 5.41) is 7.90. The van der Waals surface area contributed by atoms with Crippen molar-refractivity contribution in [2.75, 3.05) is 5.32 Å². The Morgan fingerprint density at radius 2 is 1.71 bits per heavy atom. The summed E-state index contributed by atoms with van der Waals surface area (Å²) in [6, 6.07) is 13.8. The number of nitrogens with one attached hydrogen (secondary N) is 2. The van der Waals surface area contributed by atoms with Crippen LogP contribution in [0.2, 0.25) is 10.0 Å². The number of halogens is 2. The van der Waals surface area contributed by atoms with E-state index in [-0.39, 0.29) is 6.04 Å². The van der Waals surface area contributed by atoms with Crippen LogP contribution in [-0.4, -0.2) is 5.11 Å². The molecule has 1 atom stereocenters. The van der Waals surface area contributed by atoms with E-state index in [4.69, 9.17) is 35.4 Å². The maximum Gasteiger partial charge on any atom is 0.171 e. The first-order valence-electron chi connectivity index (χ1n) is 6.55. The van der Waals surface area contributed by atoms with E-state index in [9.17, 15) is 0 Å². The molecule has 0 spiro atoms. The van der Waals surface area contributed by atoms with E-state index in [1.54, 1.807) is 12.1 Å². The van der Waals surface area contributed by atoms with Crippen LogP contribution in [0.15, 0.2) is 42.5 Å². The van der Waals surface area contributed by atoms with Gasteiger partial charge in [0.1, 0.15) is 0 Å². The molecule has 0 saturated heterocycles. The Kier molecular flexibility index (Phi) is 5.45. The van der Waals surface area contributed by atoms with E-state index >= 15 is 0 Å². The van der Waals surface area contributed by atoms with Crippen molar-refractivity contribution in [3.8, 4) is 0 Å². The van der Waals surface area contributed by atoms with Crippen LogP contribution >= 0.6 is 35.4 Å². The Hall–Kier alpha value is -1.29. The van der Waals surface area contributed by atoms with Gasteiger partial charge < -0.3 is 10.6 Å². The van der Waals surface area contributed by atoms with Crippen molar-refractivity contribution >= 4 is 46.2 Å². The molecule has 2 nitrogen and oxygen atoms in total. The van der Waals surface area contributed by atoms with Crippen molar-refractivity contribution in [2.45, 2.75) is 19.9 Å². The fourth-order valence-corrected chi connectivity index (χ4v) is 2.47. The number of anilines is 1. The molecule has 110 valence electrons. The second kappa shape index (κ2) is 7.12. The summed E-state index contributed by atoms with van der Waals surface area (Å²) in [4.78, 5) is 0. The number of thiocarbonyl (C=S) groups is 1. The largest absolute Gasteiger partial charge is 0.356 e. The van der Waals surface area contributed by atoms with E-state index in [1.807, 2.05) is 6.07 Å². The number of hydrogen-bond acceptors (Lipinski definition) is 1. The minimum atomic E-state index is 0.119. The lowest BCUT2D eigenvalue weighted by Crippen LogP contribution is -2.30. The molecule has 0 aromatic heterocycles. The second-order valence-corrected chi connectivity index (χ2v) is 6.08. The van der Waals surface area contributed by atoms with Crippen molar-refractivity contribution < 1.29 is 0 Å². The third-order valence-electron chi connectivity index (χ3n) is 3.10. The van der Waals surface area contributed by atoms with E-state index in [0.29, 0.717) is 15.2 Å². The molecule has 5 heteroatoms. The first-order valence-corrected chi connectivity index (χ1v) is 7.71. The molecule has 0 aliphatic carbocycles. The highest BCUT2D eigenvalue weighted by Gasteiger charge is 2.07. The van der Waals surface area contributed by atoms with E-state index < -0.39 is 0 Å². The molecule has 21 heavy (non-hydrogen) atoms. The lowest BCUT2D eigenvalue weighted by molar-refractivity contribution is 0.722. The molecule has 0 heterocycles. The molecule has 2 rings (SSSR count). The van der Waals surface area contributed by atoms with Crippen molar-refractivity contribution in [1.29, 1.82) is 0 Å². The summed E-state index contributed by atoms with van der Waals surface area (Å²) in [7, 11) is 0. The van der Waals surface area contributed by atoms with Crippen LogP contribution in [0, 0.1) is 6.92 Å². The van der Waals surface area contributed by atoms with Crippen LogP contribution in [0.25, 0.3) is 0 Å². The Morgan fingerprint density at radius 3 is 2.33 bits per heavy atom. The van der Waals surface area contributed by atoms with Crippen LogP contribution in [0.3, 0.4) is 0 Å². The molecular weight excluding hydrogens is 323 g/mol. The standard InChI is InChI=1S/C16H16Cl2N2S/c1-10-3-5-12(6-4-10)11(2)19-16(21)20-13-7-8-14(17)15(18)9-13/h3-9,11H,1-2H3,(H2,19,20,21). The normalized spacial score (nSPS) is 11.8. The van der Waals surface area contributed by atoms with Gasteiger partial charge in [-0.15, -0.1) is 0 Å². The van der Waals surface area contributed by atoms with Gasteiger partial charge in [0.2, 0.25) is 0 Å². The minimum absolute atomic E-state index is 0.119. The Balaban J connectivity index is 1.97. The Labute approximate surface area is 140 Å². The molecule has 2 aromatic rings. The van der Waals surface area contributed by atoms with Gasteiger partial charge in [-0.2, -0.15) is 0 Å². The predicted molar refractivity (Wildman–Crippen MR) is 95.4 cm³/mol. The zero-order valence-electron chi connectivity index (χ0n) is 11.8. The topological polar surface area (TPSA) is 24.1 Å². The maximum atomic E-state index is 5.98. The molecule has 0 bridgehead atoms. The first kappa shape index (κ1) is 16.1. The van der Waals surface area contributed by atoms with Crippen LogP contribution in [-0.2, 0) is 0 Å². The lowest BCUT2D eigenvalue weighted by Gasteiger charge is -2.17. The molecule has 0 radical (unpaired) electrons.